The van der Waals surface area contributed by atoms with Gasteiger partial charge in [0.1, 0.15) is 16.6 Å². The highest BCUT2D eigenvalue weighted by atomic mass is 35.5. The fourth-order valence-electron chi connectivity index (χ4n) is 2.46. The molecule has 2 aromatic carbocycles. The number of fused-ring (bicyclic) bond motifs is 2. The normalized spacial score (nSPS) is 12.3. The number of allylic oxidation sites excluding steroid dienone is 1. The van der Waals surface area contributed by atoms with E-state index in [0.29, 0.717) is 14.9 Å². The first-order chi connectivity index (χ1) is 11.7. The van der Waals surface area contributed by atoms with Gasteiger partial charge in [0.05, 0.1) is 20.1 Å². The number of benzene rings is 2. The fraction of sp³-hybridized carbons (Fsp3) is 0. The molecule has 0 radical (unpaired) electrons. The van der Waals surface area contributed by atoms with Crippen LogP contribution in [0.2, 0.25) is 5.02 Å². The molecule has 2 aromatic heterocycles. The molecule has 0 saturated carbocycles. The van der Waals surface area contributed by atoms with Gasteiger partial charge in [0, 0.05) is 10.1 Å². The SMILES string of the molecule is N#C/C(=C(/O)c1sc2ccccc2c1Cl)c1nc2ccccc2s1. The Kier molecular flexibility index (Phi) is 3.73. The molecule has 2 heterocycles. The van der Waals surface area contributed by atoms with E-state index >= 15 is 0 Å². The molecule has 0 aliphatic carbocycles. The lowest BCUT2D eigenvalue weighted by atomic mass is 10.2. The van der Waals surface area contributed by atoms with Crippen LogP contribution in [0.5, 0.6) is 0 Å². The predicted octanol–water partition coefficient (Wildman–Crippen LogP) is 6.11. The molecule has 4 rings (SSSR count). The van der Waals surface area contributed by atoms with Crippen molar-refractivity contribution in [2.24, 2.45) is 0 Å². The van der Waals surface area contributed by atoms with Crippen LogP contribution in [0.3, 0.4) is 0 Å². The van der Waals surface area contributed by atoms with E-state index in [9.17, 15) is 10.4 Å². The van der Waals surface area contributed by atoms with Crippen molar-refractivity contribution in [1.82, 2.24) is 4.98 Å². The molecule has 0 saturated heterocycles. The van der Waals surface area contributed by atoms with Crippen LogP contribution >= 0.6 is 34.3 Å². The highest BCUT2D eigenvalue weighted by Crippen LogP contribution is 2.41. The maximum atomic E-state index is 10.7. The molecule has 0 amide bonds. The number of aliphatic hydroxyl groups excluding tert-OH is 1. The largest absolute Gasteiger partial charge is 0.505 e. The molecule has 0 spiro atoms. The third-order valence-electron chi connectivity index (χ3n) is 3.61. The summed E-state index contributed by atoms with van der Waals surface area (Å²) in [5, 5.41) is 22.1. The van der Waals surface area contributed by atoms with Crippen molar-refractivity contribution in [2.45, 2.75) is 0 Å². The van der Waals surface area contributed by atoms with Crippen molar-refractivity contribution in [3.8, 4) is 6.07 Å². The number of nitrogens with zero attached hydrogens (tertiary/aromatic N) is 2. The second-order valence-corrected chi connectivity index (χ2v) is 7.52. The topological polar surface area (TPSA) is 56.9 Å². The molecule has 0 unspecified atom stereocenters. The number of aromatic nitrogens is 1. The molecule has 6 heteroatoms. The monoisotopic (exact) mass is 368 g/mol. The van der Waals surface area contributed by atoms with E-state index in [1.165, 1.54) is 22.7 Å². The van der Waals surface area contributed by atoms with Crippen LogP contribution in [-0.2, 0) is 0 Å². The number of rotatable bonds is 2. The van der Waals surface area contributed by atoms with Crippen molar-refractivity contribution < 1.29 is 5.11 Å². The Balaban J connectivity index is 1.93. The van der Waals surface area contributed by atoms with E-state index < -0.39 is 0 Å². The predicted molar refractivity (Wildman–Crippen MR) is 102 cm³/mol. The molecule has 3 nitrogen and oxygen atoms in total. The van der Waals surface area contributed by atoms with Crippen LogP contribution in [0.1, 0.15) is 9.88 Å². The summed E-state index contributed by atoms with van der Waals surface area (Å²) in [5.41, 5.74) is 0.949. The third-order valence-corrected chi connectivity index (χ3v) is 6.34. The Morgan fingerprint density at radius 2 is 1.75 bits per heavy atom. The standard InChI is InChI=1S/C18H9ClN2OS2/c19-15-10-5-1-3-7-13(10)23-17(15)16(22)11(9-20)18-21-12-6-2-4-8-14(12)24-18/h1-8,22H/b16-11-. The minimum atomic E-state index is -0.122. The number of thiazole rings is 1. The van der Waals surface area contributed by atoms with Crippen LogP contribution in [0.25, 0.3) is 31.6 Å². The van der Waals surface area contributed by atoms with Crippen molar-refractivity contribution in [3.63, 3.8) is 0 Å². The lowest BCUT2D eigenvalue weighted by Gasteiger charge is -2.00. The van der Waals surface area contributed by atoms with Gasteiger partial charge in [-0.3, -0.25) is 0 Å². The Bertz CT molecular complexity index is 1120. The molecule has 0 aliphatic rings. The van der Waals surface area contributed by atoms with E-state index in [1.54, 1.807) is 0 Å². The number of hydrogen-bond acceptors (Lipinski definition) is 5. The van der Waals surface area contributed by atoms with Gasteiger partial charge >= 0.3 is 0 Å². The summed E-state index contributed by atoms with van der Waals surface area (Å²) in [6.07, 6.45) is 0. The van der Waals surface area contributed by atoms with Crippen LogP contribution < -0.4 is 0 Å². The average molecular weight is 369 g/mol. The van der Waals surface area contributed by atoms with Gasteiger partial charge in [0.25, 0.3) is 0 Å². The first-order valence-corrected chi connectivity index (χ1v) is 9.07. The zero-order valence-corrected chi connectivity index (χ0v) is 14.5. The number of hydrogen-bond donors (Lipinski definition) is 1. The summed E-state index contributed by atoms with van der Waals surface area (Å²) < 4.78 is 1.93. The minimum absolute atomic E-state index is 0.122. The summed E-state index contributed by atoms with van der Waals surface area (Å²) in [4.78, 5) is 4.95. The molecular weight excluding hydrogens is 360 g/mol. The van der Waals surface area contributed by atoms with Crippen LogP contribution in [0, 0.1) is 11.3 Å². The smallest absolute Gasteiger partial charge is 0.155 e. The second-order valence-electron chi connectivity index (χ2n) is 5.06. The van der Waals surface area contributed by atoms with Crippen molar-refractivity contribution in [2.75, 3.05) is 0 Å². The van der Waals surface area contributed by atoms with Gasteiger partial charge in [0.2, 0.25) is 0 Å². The molecule has 1 N–H and O–H groups in total. The van der Waals surface area contributed by atoms with E-state index in [4.69, 9.17) is 11.6 Å². The van der Waals surface area contributed by atoms with Gasteiger partial charge in [-0.15, -0.1) is 22.7 Å². The zero-order valence-electron chi connectivity index (χ0n) is 12.2. The Hall–Kier alpha value is -2.39. The third kappa shape index (κ3) is 2.36. The summed E-state index contributed by atoms with van der Waals surface area (Å²) in [7, 11) is 0. The molecule has 24 heavy (non-hydrogen) atoms. The van der Waals surface area contributed by atoms with Crippen LogP contribution in [0.4, 0.5) is 0 Å². The molecular formula is C18H9ClN2OS2. The molecule has 4 aromatic rings. The summed E-state index contributed by atoms with van der Waals surface area (Å²) in [6, 6.07) is 17.4. The Morgan fingerprint density at radius 1 is 1.04 bits per heavy atom. The van der Waals surface area contributed by atoms with E-state index in [0.717, 1.165) is 20.3 Å². The highest BCUT2D eigenvalue weighted by molar-refractivity contribution is 7.21. The molecule has 0 fully saturated rings. The lowest BCUT2D eigenvalue weighted by Crippen LogP contribution is -1.87. The number of nitriles is 1. The maximum Gasteiger partial charge on any atom is 0.155 e. The molecule has 0 bridgehead atoms. The van der Waals surface area contributed by atoms with E-state index in [1.807, 2.05) is 48.5 Å². The summed E-state index contributed by atoms with van der Waals surface area (Å²) in [6.45, 7) is 0. The van der Waals surface area contributed by atoms with Gasteiger partial charge in [-0.05, 0) is 18.2 Å². The Labute approximate surface area is 150 Å². The number of thiophene rings is 1. The molecule has 0 aliphatic heterocycles. The molecule has 116 valence electrons. The second kappa shape index (κ2) is 5.91. The van der Waals surface area contributed by atoms with E-state index in [-0.39, 0.29) is 11.3 Å². The van der Waals surface area contributed by atoms with Crippen LogP contribution in [-0.4, -0.2) is 10.1 Å². The number of aliphatic hydroxyl groups is 1. The molecule has 0 atom stereocenters. The first-order valence-electron chi connectivity index (χ1n) is 7.05. The quantitative estimate of drug-likeness (QED) is 0.343. The van der Waals surface area contributed by atoms with Gasteiger partial charge in [-0.1, -0.05) is 41.9 Å². The number of halogens is 1. The summed E-state index contributed by atoms with van der Waals surface area (Å²) in [5.74, 6) is -0.122. The zero-order chi connectivity index (χ0) is 16.7. The summed E-state index contributed by atoms with van der Waals surface area (Å²) >= 11 is 9.15. The first kappa shape index (κ1) is 15.2. The van der Waals surface area contributed by atoms with Gasteiger partial charge in [-0.2, -0.15) is 5.26 Å². The lowest BCUT2D eigenvalue weighted by molar-refractivity contribution is 0.516. The van der Waals surface area contributed by atoms with Gasteiger partial charge < -0.3 is 5.11 Å². The van der Waals surface area contributed by atoms with Crippen LogP contribution in [0.15, 0.2) is 48.5 Å². The van der Waals surface area contributed by atoms with Gasteiger partial charge in [-0.25, -0.2) is 4.98 Å². The van der Waals surface area contributed by atoms with Crippen molar-refractivity contribution in [3.05, 3.63) is 63.4 Å². The van der Waals surface area contributed by atoms with Crippen molar-refractivity contribution >= 4 is 65.9 Å². The van der Waals surface area contributed by atoms with Crippen molar-refractivity contribution in [1.29, 1.82) is 5.26 Å². The Morgan fingerprint density at radius 3 is 2.46 bits per heavy atom. The average Bonchev–Trinajstić information content (AvgIpc) is 3.17. The highest BCUT2D eigenvalue weighted by Gasteiger charge is 2.20. The minimum Gasteiger partial charge on any atom is -0.505 e. The fourth-order valence-corrected chi connectivity index (χ4v) is 4.89. The van der Waals surface area contributed by atoms with E-state index in [2.05, 4.69) is 11.1 Å². The van der Waals surface area contributed by atoms with Gasteiger partial charge in [0.15, 0.2) is 5.76 Å². The maximum absolute atomic E-state index is 10.7. The number of para-hydroxylation sites is 1.